The van der Waals surface area contributed by atoms with Crippen molar-refractivity contribution in [1.29, 1.82) is 0 Å². The maximum Gasteiger partial charge on any atom is 0.225 e. The van der Waals surface area contributed by atoms with Crippen LogP contribution >= 0.6 is 0 Å². The predicted molar refractivity (Wildman–Crippen MR) is 93.8 cm³/mol. The van der Waals surface area contributed by atoms with E-state index in [2.05, 4.69) is 10.4 Å². The molecule has 1 atom stereocenters. The molecule has 0 unspecified atom stereocenters. The molecule has 1 fully saturated rings. The first kappa shape index (κ1) is 17.4. The number of ether oxygens (including phenoxy) is 2. The number of amides is 1. The van der Waals surface area contributed by atoms with Crippen molar-refractivity contribution >= 4 is 5.91 Å². The van der Waals surface area contributed by atoms with Gasteiger partial charge in [0.05, 0.1) is 38.1 Å². The van der Waals surface area contributed by atoms with Gasteiger partial charge in [-0.1, -0.05) is 6.07 Å². The molecule has 2 aromatic rings. The number of benzene rings is 1. The van der Waals surface area contributed by atoms with Crippen LogP contribution in [0, 0.1) is 0 Å². The summed E-state index contributed by atoms with van der Waals surface area (Å²) in [6, 6.07) is 7.69. The number of nitrogens with zero attached hydrogens (tertiary/aromatic N) is 3. The zero-order valence-electron chi connectivity index (χ0n) is 14.6. The van der Waals surface area contributed by atoms with Crippen molar-refractivity contribution in [2.45, 2.75) is 19.1 Å². The Morgan fingerprint density at radius 1 is 1.52 bits per heavy atom. The fraction of sp³-hybridized carbons (Fsp3) is 0.444. The van der Waals surface area contributed by atoms with Crippen molar-refractivity contribution in [2.75, 3.05) is 33.9 Å². The number of nitrogens with one attached hydrogen (secondary N) is 1. The third-order valence-electron chi connectivity index (χ3n) is 4.21. The SMILES string of the molecule is COc1cccc(-n2cc(CN(C)C(=O)C[C@@H]3CNCCO3)cn2)c1. The third-order valence-corrected chi connectivity index (χ3v) is 4.21. The molecule has 0 aliphatic carbocycles. The summed E-state index contributed by atoms with van der Waals surface area (Å²) in [5.41, 5.74) is 1.89. The van der Waals surface area contributed by atoms with Crippen molar-refractivity contribution in [3.63, 3.8) is 0 Å². The van der Waals surface area contributed by atoms with Gasteiger partial charge in [-0.3, -0.25) is 4.79 Å². The molecule has 0 bridgehead atoms. The molecule has 2 heterocycles. The van der Waals surface area contributed by atoms with Crippen LogP contribution < -0.4 is 10.1 Å². The van der Waals surface area contributed by atoms with Gasteiger partial charge >= 0.3 is 0 Å². The molecule has 1 aromatic carbocycles. The van der Waals surface area contributed by atoms with Crippen LogP contribution in [0.15, 0.2) is 36.7 Å². The van der Waals surface area contributed by atoms with Crippen molar-refractivity contribution in [3.05, 3.63) is 42.2 Å². The number of methoxy groups -OCH3 is 1. The van der Waals surface area contributed by atoms with E-state index < -0.39 is 0 Å². The fourth-order valence-electron chi connectivity index (χ4n) is 2.80. The Hall–Kier alpha value is -2.38. The summed E-state index contributed by atoms with van der Waals surface area (Å²) in [5.74, 6) is 0.853. The van der Waals surface area contributed by atoms with Gasteiger partial charge in [0.2, 0.25) is 5.91 Å². The monoisotopic (exact) mass is 344 g/mol. The molecule has 1 saturated heterocycles. The second-order valence-electron chi connectivity index (χ2n) is 6.15. The summed E-state index contributed by atoms with van der Waals surface area (Å²) in [6.45, 7) is 2.76. The minimum atomic E-state index is -0.0387. The number of morpholine rings is 1. The van der Waals surface area contributed by atoms with Crippen LogP contribution in [-0.2, 0) is 16.1 Å². The molecule has 0 spiro atoms. The Morgan fingerprint density at radius 2 is 2.40 bits per heavy atom. The first-order valence-electron chi connectivity index (χ1n) is 8.40. The summed E-state index contributed by atoms with van der Waals surface area (Å²) in [4.78, 5) is 14.1. The molecule has 1 N–H and O–H groups in total. The second-order valence-corrected chi connectivity index (χ2v) is 6.15. The number of carbonyl (C=O) groups is 1. The van der Waals surface area contributed by atoms with Gasteiger partial charge in [-0.2, -0.15) is 5.10 Å². The van der Waals surface area contributed by atoms with Crippen LogP contribution in [0.5, 0.6) is 5.75 Å². The first-order chi connectivity index (χ1) is 12.2. The van der Waals surface area contributed by atoms with E-state index in [4.69, 9.17) is 9.47 Å². The molecular weight excluding hydrogens is 320 g/mol. The molecule has 7 nitrogen and oxygen atoms in total. The number of aromatic nitrogens is 2. The molecule has 0 saturated carbocycles. The number of hydrogen-bond acceptors (Lipinski definition) is 5. The average molecular weight is 344 g/mol. The second kappa shape index (κ2) is 8.13. The normalized spacial score (nSPS) is 17.3. The molecule has 1 aliphatic heterocycles. The van der Waals surface area contributed by atoms with Crippen molar-refractivity contribution in [3.8, 4) is 11.4 Å². The summed E-state index contributed by atoms with van der Waals surface area (Å²) in [6.07, 6.45) is 4.07. The van der Waals surface area contributed by atoms with E-state index in [0.29, 0.717) is 19.6 Å². The maximum absolute atomic E-state index is 12.4. The third kappa shape index (κ3) is 4.58. The van der Waals surface area contributed by atoms with Gasteiger partial charge in [-0.15, -0.1) is 0 Å². The van der Waals surface area contributed by atoms with Gasteiger partial charge < -0.3 is 19.7 Å². The lowest BCUT2D eigenvalue weighted by atomic mass is 10.2. The van der Waals surface area contributed by atoms with Crippen molar-refractivity contribution in [1.82, 2.24) is 20.0 Å². The maximum atomic E-state index is 12.4. The molecule has 0 radical (unpaired) electrons. The number of rotatable bonds is 6. The van der Waals surface area contributed by atoms with Gasteiger partial charge in [-0.05, 0) is 12.1 Å². The first-order valence-corrected chi connectivity index (χ1v) is 8.40. The zero-order valence-corrected chi connectivity index (χ0v) is 14.6. The predicted octanol–water partition coefficient (Wildman–Crippen LogP) is 1.22. The molecule has 7 heteroatoms. The van der Waals surface area contributed by atoms with Crippen LogP contribution in [0.25, 0.3) is 5.69 Å². The highest BCUT2D eigenvalue weighted by atomic mass is 16.5. The van der Waals surface area contributed by atoms with E-state index in [1.807, 2.05) is 37.5 Å². The molecule has 1 amide bonds. The highest BCUT2D eigenvalue weighted by Gasteiger charge is 2.20. The van der Waals surface area contributed by atoms with Crippen LogP contribution in [0.1, 0.15) is 12.0 Å². The smallest absolute Gasteiger partial charge is 0.225 e. The minimum Gasteiger partial charge on any atom is -0.497 e. The zero-order chi connectivity index (χ0) is 17.6. The van der Waals surface area contributed by atoms with Crippen molar-refractivity contribution in [2.24, 2.45) is 0 Å². The summed E-state index contributed by atoms with van der Waals surface area (Å²) in [5, 5.41) is 7.62. The fourth-order valence-corrected chi connectivity index (χ4v) is 2.80. The van der Waals surface area contributed by atoms with Gasteiger partial charge in [0.1, 0.15) is 5.75 Å². The molecule has 134 valence electrons. The molecular formula is C18H24N4O3. The van der Waals surface area contributed by atoms with E-state index in [-0.39, 0.29) is 12.0 Å². The van der Waals surface area contributed by atoms with Gasteiger partial charge in [0.25, 0.3) is 0 Å². The van der Waals surface area contributed by atoms with Gasteiger partial charge in [0, 0.05) is 44.5 Å². The number of carbonyl (C=O) groups excluding carboxylic acids is 1. The lowest BCUT2D eigenvalue weighted by Gasteiger charge is -2.25. The summed E-state index contributed by atoms with van der Waals surface area (Å²) in [7, 11) is 3.45. The van der Waals surface area contributed by atoms with E-state index >= 15 is 0 Å². The van der Waals surface area contributed by atoms with Crippen LogP contribution in [-0.4, -0.2) is 60.5 Å². The molecule has 25 heavy (non-hydrogen) atoms. The number of hydrogen-bond donors (Lipinski definition) is 1. The Kier molecular flexibility index (Phi) is 5.67. The molecule has 3 rings (SSSR count). The van der Waals surface area contributed by atoms with Gasteiger partial charge in [0.15, 0.2) is 0 Å². The Balaban J connectivity index is 1.59. The Bertz CT molecular complexity index is 710. The van der Waals surface area contributed by atoms with Crippen LogP contribution in [0.4, 0.5) is 0 Å². The van der Waals surface area contributed by atoms with E-state index in [9.17, 15) is 4.79 Å². The summed E-state index contributed by atoms with van der Waals surface area (Å²) < 4.78 is 12.6. The Morgan fingerprint density at radius 3 is 3.16 bits per heavy atom. The summed E-state index contributed by atoms with van der Waals surface area (Å²) >= 11 is 0. The minimum absolute atomic E-state index is 0.0387. The highest BCUT2D eigenvalue weighted by Crippen LogP contribution is 2.17. The highest BCUT2D eigenvalue weighted by molar-refractivity contribution is 5.76. The molecule has 1 aromatic heterocycles. The Labute approximate surface area is 147 Å². The standard InChI is InChI=1S/C18H24N4O3/c1-21(18(23)9-17-11-19-6-7-25-17)12-14-10-20-22(13-14)15-4-3-5-16(8-15)24-2/h3-5,8,10,13,17,19H,6-7,9,11-12H2,1-2H3/t17-/m1/s1. The lowest BCUT2D eigenvalue weighted by molar-refractivity contribution is -0.133. The van der Waals surface area contributed by atoms with Crippen LogP contribution in [0.2, 0.25) is 0 Å². The largest absolute Gasteiger partial charge is 0.497 e. The topological polar surface area (TPSA) is 68.6 Å². The van der Waals surface area contributed by atoms with Crippen LogP contribution in [0.3, 0.4) is 0 Å². The van der Waals surface area contributed by atoms with E-state index in [1.54, 1.807) is 22.9 Å². The van der Waals surface area contributed by atoms with Gasteiger partial charge in [-0.25, -0.2) is 4.68 Å². The molecule has 1 aliphatic rings. The van der Waals surface area contributed by atoms with Crippen molar-refractivity contribution < 1.29 is 14.3 Å². The lowest BCUT2D eigenvalue weighted by Crippen LogP contribution is -2.41. The quantitative estimate of drug-likeness (QED) is 0.853. The van der Waals surface area contributed by atoms with E-state index in [0.717, 1.165) is 30.1 Å². The van der Waals surface area contributed by atoms with E-state index in [1.165, 1.54) is 0 Å². The average Bonchev–Trinajstić information content (AvgIpc) is 3.11.